The maximum atomic E-state index is 6.99. The Morgan fingerprint density at radius 2 is 1.05 bits per heavy atom. The topological polar surface area (TPSA) is 96.3 Å². The van der Waals surface area contributed by atoms with Gasteiger partial charge in [-0.25, -0.2) is 9.97 Å². The zero-order chi connectivity index (χ0) is 28.8. The van der Waals surface area contributed by atoms with Gasteiger partial charge in [0.2, 0.25) is 11.8 Å². The molecule has 2 aromatic heterocycles. The van der Waals surface area contributed by atoms with Crippen molar-refractivity contribution in [2.45, 2.75) is 24.9 Å². The molecule has 0 radical (unpaired) electrons. The summed E-state index contributed by atoms with van der Waals surface area (Å²) in [4.78, 5) is 9.42. The maximum Gasteiger partial charge on any atom is 0.218 e. The molecule has 6 nitrogen and oxygen atoms in total. The molecule has 0 spiro atoms. The van der Waals surface area contributed by atoms with Crippen LogP contribution in [0.5, 0.6) is 11.8 Å². The predicted octanol–water partition coefficient (Wildman–Crippen LogP) is 7.95. The standard InChI is InChI=1S/C32H32Cl2N4O2/c1-5-9-25(35)21-15-17-27(37-31(21)39-3)23-13-7-11-19(29(23)33)20-12-8-14-24(30(20)34)28-18-16-22(26(36)10-6-2)32(38-28)40-4/h5-8,11-18,25-26H,1-2,9-10,35-36H2,3-4H3/t25-,26+. The minimum absolute atomic E-state index is 0.267. The van der Waals surface area contributed by atoms with Crippen LogP contribution in [0.1, 0.15) is 36.1 Å². The van der Waals surface area contributed by atoms with Gasteiger partial charge >= 0.3 is 0 Å². The van der Waals surface area contributed by atoms with E-state index in [0.717, 1.165) is 33.4 Å². The van der Waals surface area contributed by atoms with Crippen molar-refractivity contribution >= 4 is 23.2 Å². The van der Waals surface area contributed by atoms with Gasteiger partial charge in [0.15, 0.2) is 0 Å². The number of methoxy groups -OCH3 is 2. The first-order chi connectivity index (χ1) is 19.3. The van der Waals surface area contributed by atoms with Crippen LogP contribution in [0.3, 0.4) is 0 Å². The summed E-state index contributed by atoms with van der Waals surface area (Å²) >= 11 is 14.0. The van der Waals surface area contributed by atoms with Gasteiger partial charge < -0.3 is 20.9 Å². The Bertz CT molecular complexity index is 1420. The SMILES string of the molecule is C=CC[C@@H](N)c1ccc(-c2cccc(-c3cccc(-c4ccc([C@@H](N)CC=C)c(OC)n4)c3Cl)c2Cl)nc1OC. The fourth-order valence-corrected chi connectivity index (χ4v) is 5.23. The first kappa shape index (κ1) is 29.3. The van der Waals surface area contributed by atoms with E-state index in [-0.39, 0.29) is 12.1 Å². The maximum absolute atomic E-state index is 6.99. The van der Waals surface area contributed by atoms with Crippen LogP contribution in [-0.2, 0) is 0 Å². The largest absolute Gasteiger partial charge is 0.481 e. The number of pyridine rings is 2. The molecule has 0 aliphatic carbocycles. The molecule has 0 saturated heterocycles. The molecule has 0 aliphatic rings. The minimum atomic E-state index is -0.267. The minimum Gasteiger partial charge on any atom is -0.481 e. The highest BCUT2D eigenvalue weighted by Crippen LogP contribution is 2.43. The average molecular weight is 576 g/mol. The van der Waals surface area contributed by atoms with Gasteiger partial charge in [-0.2, -0.15) is 0 Å². The lowest BCUT2D eigenvalue weighted by Gasteiger charge is -2.17. The Morgan fingerprint density at radius 3 is 1.40 bits per heavy atom. The lowest BCUT2D eigenvalue weighted by atomic mass is 9.97. The number of nitrogens with two attached hydrogens (primary N) is 2. The van der Waals surface area contributed by atoms with Crippen molar-refractivity contribution in [2.24, 2.45) is 11.5 Å². The second-order valence-corrected chi connectivity index (χ2v) is 9.94. The van der Waals surface area contributed by atoms with E-state index in [1.807, 2.05) is 60.7 Å². The van der Waals surface area contributed by atoms with Crippen LogP contribution in [0.4, 0.5) is 0 Å². The zero-order valence-electron chi connectivity index (χ0n) is 22.5. The van der Waals surface area contributed by atoms with Crippen molar-refractivity contribution < 1.29 is 9.47 Å². The van der Waals surface area contributed by atoms with Gasteiger partial charge in [-0.1, -0.05) is 71.8 Å². The number of hydrogen-bond donors (Lipinski definition) is 2. The smallest absolute Gasteiger partial charge is 0.218 e. The van der Waals surface area contributed by atoms with E-state index in [2.05, 4.69) is 13.2 Å². The monoisotopic (exact) mass is 574 g/mol. The summed E-state index contributed by atoms with van der Waals surface area (Å²) in [6.07, 6.45) is 4.75. The molecule has 8 heteroatoms. The third kappa shape index (κ3) is 5.91. The number of rotatable bonds is 11. The first-order valence-corrected chi connectivity index (χ1v) is 13.5. The number of hydrogen-bond acceptors (Lipinski definition) is 6. The van der Waals surface area contributed by atoms with Gasteiger partial charge in [-0.3, -0.25) is 0 Å². The first-order valence-electron chi connectivity index (χ1n) is 12.8. The molecule has 4 rings (SSSR count). The molecule has 40 heavy (non-hydrogen) atoms. The average Bonchev–Trinajstić information content (AvgIpc) is 2.97. The Labute approximate surface area is 245 Å². The second-order valence-electron chi connectivity index (χ2n) is 9.19. The van der Waals surface area contributed by atoms with Crippen LogP contribution in [-0.4, -0.2) is 24.2 Å². The van der Waals surface area contributed by atoms with E-state index in [4.69, 9.17) is 54.1 Å². The number of halogens is 2. The van der Waals surface area contributed by atoms with Crippen LogP contribution in [0, 0.1) is 0 Å². The van der Waals surface area contributed by atoms with Crippen molar-refractivity contribution in [3.05, 3.63) is 107 Å². The van der Waals surface area contributed by atoms with Crippen molar-refractivity contribution in [1.29, 1.82) is 0 Å². The van der Waals surface area contributed by atoms with Gasteiger partial charge in [0.05, 0.1) is 35.7 Å². The summed E-state index contributed by atoms with van der Waals surface area (Å²) in [7, 11) is 3.14. The highest BCUT2D eigenvalue weighted by atomic mass is 35.5. The van der Waals surface area contributed by atoms with Crippen molar-refractivity contribution in [1.82, 2.24) is 9.97 Å². The van der Waals surface area contributed by atoms with Crippen molar-refractivity contribution in [3.8, 4) is 45.4 Å². The van der Waals surface area contributed by atoms with Crippen LogP contribution in [0.2, 0.25) is 10.0 Å². The van der Waals surface area contributed by atoms with Crippen LogP contribution < -0.4 is 20.9 Å². The summed E-state index contributed by atoms with van der Waals surface area (Å²) in [5, 5.41) is 1.02. The molecule has 4 N–H and O–H groups in total. The highest BCUT2D eigenvalue weighted by molar-refractivity contribution is 6.39. The highest BCUT2D eigenvalue weighted by Gasteiger charge is 2.20. The molecule has 2 aromatic carbocycles. The Kier molecular flexibility index (Phi) is 9.61. The quantitative estimate of drug-likeness (QED) is 0.176. The molecule has 0 amide bonds. The van der Waals surface area contributed by atoms with Gasteiger partial charge in [-0.15, -0.1) is 13.2 Å². The van der Waals surface area contributed by atoms with Gasteiger partial charge in [0.1, 0.15) is 0 Å². The summed E-state index contributed by atoms with van der Waals surface area (Å²) in [6, 6.07) is 18.6. The predicted molar refractivity (Wildman–Crippen MR) is 165 cm³/mol. The molecule has 0 unspecified atom stereocenters. The van der Waals surface area contributed by atoms with Gasteiger partial charge in [-0.05, 0) is 37.1 Å². The lowest BCUT2D eigenvalue weighted by molar-refractivity contribution is 0.389. The molecular formula is C32H32Cl2N4O2. The summed E-state index contributed by atoms with van der Waals surface area (Å²) in [5.41, 5.74) is 18.5. The van der Waals surface area contributed by atoms with E-state index in [0.29, 0.717) is 46.0 Å². The lowest BCUT2D eigenvalue weighted by Crippen LogP contribution is -2.11. The number of aromatic nitrogens is 2. The fraction of sp³-hybridized carbons (Fsp3) is 0.188. The van der Waals surface area contributed by atoms with Crippen LogP contribution >= 0.6 is 23.2 Å². The number of nitrogens with zero attached hydrogens (tertiary/aromatic N) is 2. The second kappa shape index (κ2) is 13.1. The van der Waals surface area contributed by atoms with Crippen LogP contribution in [0.15, 0.2) is 86.0 Å². The van der Waals surface area contributed by atoms with Gasteiger partial charge in [0, 0.05) is 45.5 Å². The van der Waals surface area contributed by atoms with E-state index in [1.165, 1.54) is 0 Å². The Morgan fingerprint density at radius 1 is 0.675 bits per heavy atom. The molecule has 0 fully saturated rings. The van der Waals surface area contributed by atoms with E-state index in [1.54, 1.807) is 26.4 Å². The third-order valence-corrected chi connectivity index (χ3v) is 7.46. The molecule has 4 aromatic rings. The molecule has 206 valence electrons. The molecule has 0 aliphatic heterocycles. The molecule has 0 bridgehead atoms. The fourth-order valence-electron chi connectivity index (χ4n) is 4.58. The Hall–Kier alpha value is -3.68. The third-order valence-electron chi connectivity index (χ3n) is 6.65. The molecule has 2 heterocycles. The number of benzene rings is 2. The van der Waals surface area contributed by atoms with E-state index < -0.39 is 0 Å². The summed E-state index contributed by atoms with van der Waals surface area (Å²) in [6.45, 7) is 7.54. The normalized spacial score (nSPS) is 12.4. The molecule has 0 saturated carbocycles. The summed E-state index contributed by atoms with van der Waals surface area (Å²) < 4.78 is 11.1. The summed E-state index contributed by atoms with van der Waals surface area (Å²) in [5.74, 6) is 0.897. The Balaban J connectivity index is 1.77. The molecular weight excluding hydrogens is 543 g/mol. The van der Waals surface area contributed by atoms with Crippen molar-refractivity contribution in [3.63, 3.8) is 0 Å². The van der Waals surface area contributed by atoms with E-state index >= 15 is 0 Å². The van der Waals surface area contributed by atoms with Crippen LogP contribution in [0.25, 0.3) is 33.6 Å². The molecule has 2 atom stereocenters. The van der Waals surface area contributed by atoms with Crippen molar-refractivity contribution in [2.75, 3.05) is 14.2 Å². The number of ether oxygens (including phenoxy) is 2. The zero-order valence-corrected chi connectivity index (χ0v) is 24.0. The van der Waals surface area contributed by atoms with Gasteiger partial charge in [0.25, 0.3) is 0 Å². The van der Waals surface area contributed by atoms with E-state index in [9.17, 15) is 0 Å².